The number of aliphatic hydroxyl groups is 1. The van der Waals surface area contributed by atoms with Crippen molar-refractivity contribution in [1.82, 2.24) is 0 Å². The van der Waals surface area contributed by atoms with Gasteiger partial charge in [-0.25, -0.2) is 12.8 Å². The summed E-state index contributed by atoms with van der Waals surface area (Å²) in [5, 5.41) is 12.6. The number of rotatable bonds is 6. The number of sulfone groups is 1. The summed E-state index contributed by atoms with van der Waals surface area (Å²) in [5.41, 5.74) is 0. The Morgan fingerprint density at radius 2 is 1.83 bits per heavy atom. The van der Waals surface area contributed by atoms with Crippen molar-refractivity contribution in [3.63, 3.8) is 0 Å². The molecule has 0 radical (unpaired) electrons. The highest BCUT2D eigenvalue weighted by Crippen LogP contribution is 2.31. The number of halogens is 1. The van der Waals surface area contributed by atoms with Gasteiger partial charge in [-0.2, -0.15) is 0 Å². The fraction of sp³-hybridized carbons (Fsp3) is 0.312. The molecule has 0 aliphatic rings. The first-order valence-electron chi connectivity index (χ1n) is 7.29. The number of amides is 1. The monoisotopic (exact) mass is 371 g/mol. The molecule has 1 heterocycles. The Hall–Kier alpha value is -1.77. The number of aliphatic hydroxyl groups excluding tert-OH is 1. The van der Waals surface area contributed by atoms with Crippen LogP contribution in [0.4, 0.5) is 9.39 Å². The molecule has 0 saturated heterocycles. The van der Waals surface area contributed by atoms with Crippen molar-refractivity contribution in [3.05, 3.63) is 42.2 Å². The number of nitrogens with one attached hydrogen (secondary N) is 1. The van der Waals surface area contributed by atoms with E-state index < -0.39 is 27.7 Å². The van der Waals surface area contributed by atoms with Gasteiger partial charge in [-0.3, -0.25) is 4.79 Å². The molecule has 130 valence electrons. The lowest BCUT2D eigenvalue weighted by molar-refractivity contribution is -0.124. The summed E-state index contributed by atoms with van der Waals surface area (Å²) in [6.45, 7) is 3.77. The Labute approximate surface area is 144 Å². The fourth-order valence-corrected chi connectivity index (χ4v) is 4.63. The van der Waals surface area contributed by atoms with Crippen LogP contribution in [0.3, 0.4) is 0 Å². The van der Waals surface area contributed by atoms with E-state index in [1.807, 2.05) is 13.8 Å². The second-order valence-electron chi connectivity index (χ2n) is 5.71. The lowest BCUT2D eigenvalue weighted by atomic mass is 10.1. The Kier molecular flexibility index (Phi) is 5.74. The van der Waals surface area contributed by atoms with Crippen LogP contribution < -0.4 is 5.32 Å². The molecule has 0 bridgehead atoms. The zero-order valence-corrected chi connectivity index (χ0v) is 14.8. The van der Waals surface area contributed by atoms with E-state index in [4.69, 9.17) is 0 Å². The van der Waals surface area contributed by atoms with Crippen LogP contribution in [-0.4, -0.2) is 25.5 Å². The average Bonchev–Trinajstić information content (AvgIpc) is 2.96. The van der Waals surface area contributed by atoms with E-state index in [0.717, 1.165) is 23.5 Å². The molecule has 1 aromatic heterocycles. The maximum absolute atomic E-state index is 12.9. The number of anilines is 1. The predicted octanol–water partition coefficient (Wildman–Crippen LogP) is 3.07. The van der Waals surface area contributed by atoms with Crippen molar-refractivity contribution in [2.24, 2.45) is 5.92 Å². The Morgan fingerprint density at radius 1 is 1.21 bits per heavy atom. The Bertz CT molecular complexity index is 813. The predicted molar refractivity (Wildman–Crippen MR) is 90.3 cm³/mol. The number of carbonyl (C=O) groups is 1. The maximum atomic E-state index is 12.9. The molecule has 1 amide bonds. The van der Waals surface area contributed by atoms with E-state index in [0.29, 0.717) is 11.4 Å². The van der Waals surface area contributed by atoms with E-state index in [1.165, 1.54) is 24.3 Å². The number of hydrogen-bond donors (Lipinski definition) is 2. The van der Waals surface area contributed by atoms with E-state index in [2.05, 4.69) is 5.32 Å². The van der Waals surface area contributed by atoms with Crippen LogP contribution >= 0.6 is 11.3 Å². The van der Waals surface area contributed by atoms with Crippen molar-refractivity contribution in [2.75, 3.05) is 5.32 Å². The summed E-state index contributed by atoms with van der Waals surface area (Å²) in [6.07, 6.45) is -0.831. The first kappa shape index (κ1) is 18.6. The van der Waals surface area contributed by atoms with Crippen molar-refractivity contribution >= 4 is 32.1 Å². The molecule has 24 heavy (non-hydrogen) atoms. The molecule has 1 unspecified atom stereocenters. The molecular weight excluding hydrogens is 353 g/mol. The molecule has 0 spiro atoms. The molecule has 1 aromatic carbocycles. The molecular formula is C16H18FNO4S2. The molecule has 8 heteroatoms. The normalized spacial score (nSPS) is 13.0. The van der Waals surface area contributed by atoms with E-state index in [-0.39, 0.29) is 15.0 Å². The third kappa shape index (κ3) is 4.40. The fourth-order valence-electron chi connectivity index (χ4n) is 2.02. The third-order valence-electron chi connectivity index (χ3n) is 3.21. The summed E-state index contributed by atoms with van der Waals surface area (Å²) in [5.74, 6) is -0.938. The minimum Gasteiger partial charge on any atom is -0.383 e. The van der Waals surface area contributed by atoms with Gasteiger partial charge in [0.25, 0.3) is 5.91 Å². The number of hydrogen-bond acceptors (Lipinski definition) is 5. The van der Waals surface area contributed by atoms with Crippen molar-refractivity contribution in [1.29, 1.82) is 0 Å². The van der Waals surface area contributed by atoms with Gasteiger partial charge < -0.3 is 10.4 Å². The lowest BCUT2D eigenvalue weighted by Gasteiger charge is -2.12. The second kappa shape index (κ2) is 7.42. The molecule has 0 fully saturated rings. The Morgan fingerprint density at radius 3 is 2.42 bits per heavy atom. The maximum Gasteiger partial charge on any atom is 0.253 e. The first-order valence-corrected chi connectivity index (χ1v) is 9.59. The topological polar surface area (TPSA) is 83.5 Å². The van der Waals surface area contributed by atoms with Gasteiger partial charge in [0.15, 0.2) is 0 Å². The highest BCUT2D eigenvalue weighted by molar-refractivity contribution is 7.93. The number of carbonyl (C=O) groups excluding carboxylic acids is 1. The van der Waals surface area contributed by atoms with Gasteiger partial charge in [-0.1, -0.05) is 13.8 Å². The van der Waals surface area contributed by atoms with Gasteiger partial charge in [0, 0.05) is 0 Å². The first-order chi connectivity index (χ1) is 11.2. The van der Waals surface area contributed by atoms with E-state index >= 15 is 0 Å². The molecule has 0 saturated carbocycles. The van der Waals surface area contributed by atoms with Gasteiger partial charge in [0.2, 0.25) is 9.84 Å². The van der Waals surface area contributed by atoms with Crippen LogP contribution in [0.1, 0.15) is 20.3 Å². The van der Waals surface area contributed by atoms with Gasteiger partial charge in [0.05, 0.1) is 9.90 Å². The summed E-state index contributed by atoms with van der Waals surface area (Å²) < 4.78 is 37.9. The van der Waals surface area contributed by atoms with Crippen LogP contribution in [0.2, 0.25) is 0 Å². The minimum atomic E-state index is -3.77. The van der Waals surface area contributed by atoms with Crippen LogP contribution in [0.15, 0.2) is 45.5 Å². The van der Waals surface area contributed by atoms with Crippen LogP contribution in [0, 0.1) is 11.7 Å². The van der Waals surface area contributed by atoms with Gasteiger partial charge in [-0.15, -0.1) is 11.3 Å². The van der Waals surface area contributed by atoms with Crippen LogP contribution in [-0.2, 0) is 14.6 Å². The van der Waals surface area contributed by atoms with Gasteiger partial charge in [0.1, 0.15) is 16.1 Å². The van der Waals surface area contributed by atoms with E-state index in [1.54, 1.807) is 0 Å². The summed E-state index contributed by atoms with van der Waals surface area (Å²) >= 11 is 0.879. The van der Waals surface area contributed by atoms with Crippen molar-refractivity contribution in [2.45, 2.75) is 35.5 Å². The summed E-state index contributed by atoms with van der Waals surface area (Å²) in [6, 6.07) is 7.36. The molecule has 0 aliphatic heterocycles. The second-order valence-corrected chi connectivity index (χ2v) is 8.97. The molecule has 2 N–H and O–H groups in total. The molecule has 2 aromatic rings. The van der Waals surface area contributed by atoms with Crippen LogP contribution in [0.5, 0.6) is 0 Å². The third-order valence-corrected chi connectivity index (χ3v) is 6.48. The van der Waals surface area contributed by atoms with Crippen molar-refractivity contribution < 1.29 is 22.7 Å². The molecule has 1 atom stereocenters. The minimum absolute atomic E-state index is 0.0246. The summed E-state index contributed by atoms with van der Waals surface area (Å²) in [4.78, 5) is 11.8. The molecule has 0 aliphatic carbocycles. The van der Waals surface area contributed by atoms with Gasteiger partial charge >= 0.3 is 0 Å². The largest absolute Gasteiger partial charge is 0.383 e. The number of benzene rings is 1. The smallest absolute Gasteiger partial charge is 0.253 e. The highest BCUT2D eigenvalue weighted by Gasteiger charge is 2.22. The SMILES string of the molecule is CC(C)CC(O)C(=O)Nc1ccc(S(=O)(=O)c2ccc(F)cc2)s1. The molecule has 5 nitrogen and oxygen atoms in total. The Balaban J connectivity index is 2.15. The zero-order chi connectivity index (χ0) is 17.9. The lowest BCUT2D eigenvalue weighted by Crippen LogP contribution is -2.28. The standard InChI is InChI=1S/C16H18FNO4S2/c1-10(2)9-13(19)16(20)18-14-7-8-15(23-14)24(21,22)12-5-3-11(17)4-6-12/h3-8,10,13,19H,9H2,1-2H3,(H,18,20). The summed E-state index contributed by atoms with van der Waals surface area (Å²) in [7, 11) is -3.77. The van der Waals surface area contributed by atoms with Crippen LogP contribution in [0.25, 0.3) is 0 Å². The molecule has 2 rings (SSSR count). The quantitative estimate of drug-likeness (QED) is 0.765. The van der Waals surface area contributed by atoms with Crippen molar-refractivity contribution in [3.8, 4) is 0 Å². The highest BCUT2D eigenvalue weighted by atomic mass is 32.2. The number of thiophene rings is 1. The van der Waals surface area contributed by atoms with Gasteiger partial charge in [-0.05, 0) is 48.7 Å². The van der Waals surface area contributed by atoms with E-state index in [9.17, 15) is 22.7 Å². The average molecular weight is 371 g/mol. The zero-order valence-electron chi connectivity index (χ0n) is 13.2.